The highest BCUT2D eigenvalue weighted by Crippen LogP contribution is 2.28. The molecule has 0 aromatic heterocycles. The Bertz CT molecular complexity index is 1280. The van der Waals surface area contributed by atoms with Crippen LogP contribution in [-0.4, -0.2) is 51.8 Å². The normalized spacial score (nSPS) is 17.5. The molecule has 0 N–H and O–H groups in total. The minimum absolute atomic E-state index is 0.167. The molecule has 2 fully saturated rings. The van der Waals surface area contributed by atoms with Crippen molar-refractivity contribution >= 4 is 0 Å². The van der Waals surface area contributed by atoms with Gasteiger partial charge in [-0.05, 0) is 70.8 Å². The Kier molecular flexibility index (Phi) is 8.12. The van der Waals surface area contributed by atoms with Gasteiger partial charge in [-0.25, -0.2) is 0 Å². The number of ether oxygens (including phenoxy) is 6. The molecule has 2 aliphatic rings. The van der Waals surface area contributed by atoms with Crippen LogP contribution in [0.15, 0.2) is 97.1 Å². The monoisotopic (exact) mass is 552 g/mol. The smallest absolute Gasteiger partial charge is 0.119 e. The van der Waals surface area contributed by atoms with Gasteiger partial charge in [0.05, 0.1) is 26.4 Å². The van der Waals surface area contributed by atoms with Gasteiger partial charge < -0.3 is 28.4 Å². The molecule has 212 valence electrons. The lowest BCUT2D eigenvalue weighted by molar-refractivity contribution is 0.110. The summed E-state index contributed by atoms with van der Waals surface area (Å²) in [6, 6.07) is 32.7. The lowest BCUT2D eigenvalue weighted by Crippen LogP contribution is -2.28. The summed E-state index contributed by atoms with van der Waals surface area (Å²) in [7, 11) is 0. The average Bonchev–Trinajstić information content (AvgIpc) is 3.94. The summed E-state index contributed by atoms with van der Waals surface area (Å²) in [4.78, 5) is 0. The second-order valence-corrected chi connectivity index (χ2v) is 11.4. The molecule has 6 rings (SSSR count). The van der Waals surface area contributed by atoms with Gasteiger partial charge in [0.2, 0.25) is 0 Å². The van der Waals surface area contributed by atoms with E-state index in [1.807, 2.05) is 48.5 Å². The molecule has 0 saturated carbocycles. The van der Waals surface area contributed by atoms with Crippen LogP contribution in [0.1, 0.15) is 13.8 Å². The summed E-state index contributed by atoms with van der Waals surface area (Å²) in [5.41, 5.74) is 4.37. The second kappa shape index (κ2) is 12.2. The Hall–Kier alpha value is -4.00. The van der Waals surface area contributed by atoms with Gasteiger partial charge in [-0.3, -0.25) is 0 Å². The van der Waals surface area contributed by atoms with Gasteiger partial charge in [-0.15, -0.1) is 0 Å². The fourth-order valence-corrected chi connectivity index (χ4v) is 4.28. The average molecular weight is 553 g/mol. The molecule has 2 unspecified atom stereocenters. The minimum atomic E-state index is -0.167. The number of rotatable bonds is 14. The molecule has 6 nitrogen and oxygen atoms in total. The van der Waals surface area contributed by atoms with E-state index >= 15 is 0 Å². The molecule has 0 spiro atoms. The van der Waals surface area contributed by atoms with Gasteiger partial charge in [0, 0.05) is 5.41 Å². The van der Waals surface area contributed by atoms with Crippen molar-refractivity contribution < 1.29 is 28.4 Å². The van der Waals surface area contributed by atoms with Crippen LogP contribution in [0, 0.1) is 5.41 Å². The number of benzene rings is 4. The van der Waals surface area contributed by atoms with E-state index in [0.717, 1.165) is 58.5 Å². The molecule has 4 aromatic rings. The molecular weight excluding hydrogens is 516 g/mol. The summed E-state index contributed by atoms with van der Waals surface area (Å²) in [6.07, 6.45) is 0.516. The van der Waals surface area contributed by atoms with Crippen molar-refractivity contribution in [3.05, 3.63) is 97.1 Å². The van der Waals surface area contributed by atoms with Crippen LogP contribution >= 0.6 is 0 Å². The highest BCUT2D eigenvalue weighted by Gasteiger charge is 2.24. The van der Waals surface area contributed by atoms with Crippen molar-refractivity contribution in [3.8, 4) is 45.3 Å². The summed E-state index contributed by atoms with van der Waals surface area (Å²) in [6.45, 7) is 8.21. The quantitative estimate of drug-likeness (QED) is 0.156. The van der Waals surface area contributed by atoms with Gasteiger partial charge in [0.1, 0.15) is 48.4 Å². The first-order valence-corrected chi connectivity index (χ1v) is 14.1. The first-order valence-electron chi connectivity index (χ1n) is 14.1. The van der Waals surface area contributed by atoms with E-state index in [1.165, 1.54) is 0 Å². The zero-order valence-corrected chi connectivity index (χ0v) is 23.6. The van der Waals surface area contributed by atoms with Crippen molar-refractivity contribution in [2.75, 3.05) is 39.6 Å². The first-order chi connectivity index (χ1) is 20.0. The second-order valence-electron chi connectivity index (χ2n) is 11.4. The Morgan fingerprint density at radius 3 is 1.02 bits per heavy atom. The molecule has 41 heavy (non-hydrogen) atoms. The third-order valence-corrected chi connectivity index (χ3v) is 7.02. The van der Waals surface area contributed by atoms with E-state index < -0.39 is 0 Å². The predicted molar refractivity (Wildman–Crippen MR) is 159 cm³/mol. The summed E-state index contributed by atoms with van der Waals surface area (Å²) >= 11 is 0. The Labute approximate surface area is 241 Å². The van der Waals surface area contributed by atoms with Crippen LogP contribution < -0.4 is 18.9 Å². The summed E-state index contributed by atoms with van der Waals surface area (Å²) in [5, 5.41) is 0. The molecule has 2 aliphatic heterocycles. The lowest BCUT2D eigenvalue weighted by atomic mass is 9.96. The summed E-state index contributed by atoms with van der Waals surface area (Å²) in [5.74, 6) is 3.40. The highest BCUT2D eigenvalue weighted by atomic mass is 16.6. The van der Waals surface area contributed by atoms with E-state index in [4.69, 9.17) is 28.4 Å². The van der Waals surface area contributed by atoms with Gasteiger partial charge in [0.15, 0.2) is 0 Å². The fourth-order valence-electron chi connectivity index (χ4n) is 4.28. The minimum Gasteiger partial charge on any atom is -0.493 e. The summed E-state index contributed by atoms with van der Waals surface area (Å²) < 4.78 is 34.1. The van der Waals surface area contributed by atoms with Gasteiger partial charge in [-0.2, -0.15) is 0 Å². The predicted octanol–water partition coefficient (Wildman–Crippen LogP) is 7.06. The van der Waals surface area contributed by atoms with Gasteiger partial charge in [-0.1, -0.05) is 62.4 Å². The van der Waals surface area contributed by atoms with E-state index in [9.17, 15) is 0 Å². The molecular formula is C35H36O6. The Balaban J connectivity index is 0.951. The largest absolute Gasteiger partial charge is 0.493 e. The molecule has 6 heteroatoms. The van der Waals surface area contributed by atoms with Crippen molar-refractivity contribution in [2.45, 2.75) is 26.1 Å². The van der Waals surface area contributed by atoms with Crippen LogP contribution in [0.5, 0.6) is 23.0 Å². The molecule has 2 saturated heterocycles. The van der Waals surface area contributed by atoms with Crippen LogP contribution in [0.4, 0.5) is 0 Å². The topological polar surface area (TPSA) is 62.0 Å². The Morgan fingerprint density at radius 1 is 0.488 bits per heavy atom. The van der Waals surface area contributed by atoms with Crippen LogP contribution in [-0.2, 0) is 9.47 Å². The SMILES string of the molecule is CC(C)(COc1ccc(-c2ccc(OCC3CO3)cc2)cc1)COc1ccc(-c2ccc(OCC3CO3)cc2)cc1. The highest BCUT2D eigenvalue weighted by molar-refractivity contribution is 5.65. The number of hydrogen-bond donors (Lipinski definition) is 0. The van der Waals surface area contributed by atoms with Crippen molar-refractivity contribution in [2.24, 2.45) is 5.41 Å². The molecule has 0 radical (unpaired) electrons. The fraction of sp³-hybridized carbons (Fsp3) is 0.314. The standard InChI is InChI=1S/C35H36O6/c1-35(2,23-40-31-15-7-27(8-16-31)25-3-11-29(12-4-25)36-19-33-21-38-33)24-41-32-17-9-28(10-18-32)26-5-13-30(14-6-26)37-20-34-22-39-34/h3-18,33-34H,19-24H2,1-2H3. The van der Waals surface area contributed by atoms with E-state index in [0.29, 0.717) is 26.4 Å². The lowest BCUT2D eigenvalue weighted by Gasteiger charge is -2.25. The van der Waals surface area contributed by atoms with Gasteiger partial charge in [0.25, 0.3) is 0 Å². The van der Waals surface area contributed by atoms with Crippen molar-refractivity contribution in [1.82, 2.24) is 0 Å². The number of hydrogen-bond acceptors (Lipinski definition) is 6. The molecule has 0 amide bonds. The van der Waals surface area contributed by atoms with E-state index in [1.54, 1.807) is 0 Å². The first kappa shape index (κ1) is 27.2. The van der Waals surface area contributed by atoms with Gasteiger partial charge >= 0.3 is 0 Å². The van der Waals surface area contributed by atoms with E-state index in [-0.39, 0.29) is 17.6 Å². The maximum absolute atomic E-state index is 6.12. The maximum Gasteiger partial charge on any atom is 0.119 e. The van der Waals surface area contributed by atoms with Crippen molar-refractivity contribution in [1.29, 1.82) is 0 Å². The zero-order valence-electron chi connectivity index (χ0n) is 23.6. The molecule has 2 atom stereocenters. The molecule has 2 heterocycles. The van der Waals surface area contributed by atoms with Crippen molar-refractivity contribution in [3.63, 3.8) is 0 Å². The zero-order chi connectivity index (χ0) is 28.1. The maximum atomic E-state index is 6.12. The molecule has 4 aromatic carbocycles. The molecule has 0 bridgehead atoms. The van der Waals surface area contributed by atoms with Crippen LogP contribution in [0.2, 0.25) is 0 Å². The third kappa shape index (κ3) is 8.03. The number of epoxide rings is 2. The molecule has 0 aliphatic carbocycles. The van der Waals surface area contributed by atoms with E-state index in [2.05, 4.69) is 62.4 Å². The van der Waals surface area contributed by atoms with Crippen LogP contribution in [0.25, 0.3) is 22.3 Å². The third-order valence-electron chi connectivity index (χ3n) is 7.02. The van der Waals surface area contributed by atoms with Crippen LogP contribution in [0.3, 0.4) is 0 Å². The Morgan fingerprint density at radius 2 is 0.756 bits per heavy atom.